The third-order valence-corrected chi connectivity index (χ3v) is 4.70. The van der Waals surface area contributed by atoms with E-state index in [4.69, 9.17) is 5.73 Å². The Morgan fingerprint density at radius 1 is 1.19 bits per heavy atom. The van der Waals surface area contributed by atoms with Crippen LogP contribution in [0.1, 0.15) is 51.5 Å². The zero-order valence-electron chi connectivity index (χ0n) is 13.4. The molecule has 1 aromatic rings. The Balaban J connectivity index is 1.97. The Bertz CT molecular complexity index is 410. The zero-order valence-corrected chi connectivity index (χ0v) is 13.4. The lowest BCUT2D eigenvalue weighted by Crippen LogP contribution is -2.46. The van der Waals surface area contributed by atoms with Crippen molar-refractivity contribution in [3.8, 4) is 0 Å². The van der Waals surface area contributed by atoms with Gasteiger partial charge < -0.3 is 5.73 Å². The van der Waals surface area contributed by atoms with E-state index in [1.165, 1.54) is 24.8 Å². The largest absolute Gasteiger partial charge is 0.328 e. The van der Waals surface area contributed by atoms with Crippen molar-refractivity contribution in [2.45, 2.75) is 70.5 Å². The van der Waals surface area contributed by atoms with Crippen LogP contribution < -0.4 is 5.73 Å². The number of nitrogens with two attached hydrogens (primary N) is 1. The monoisotopic (exact) mass is 292 g/mol. The molecule has 0 amide bonds. The van der Waals surface area contributed by atoms with Gasteiger partial charge in [-0.05, 0) is 69.7 Å². The third kappa shape index (κ3) is 4.79. The van der Waals surface area contributed by atoms with Crippen LogP contribution in [0.4, 0.5) is 4.39 Å². The Labute approximate surface area is 128 Å². The molecule has 0 radical (unpaired) electrons. The van der Waals surface area contributed by atoms with Gasteiger partial charge in [0.05, 0.1) is 0 Å². The van der Waals surface area contributed by atoms with Gasteiger partial charge >= 0.3 is 0 Å². The highest BCUT2D eigenvalue weighted by atomic mass is 19.1. The minimum absolute atomic E-state index is 0.155. The smallest absolute Gasteiger partial charge is 0.123 e. The molecule has 0 heterocycles. The molecule has 1 saturated carbocycles. The first-order valence-electron chi connectivity index (χ1n) is 8.36. The van der Waals surface area contributed by atoms with E-state index in [9.17, 15) is 4.39 Å². The van der Waals surface area contributed by atoms with Crippen molar-refractivity contribution >= 4 is 0 Å². The minimum Gasteiger partial charge on any atom is -0.328 e. The van der Waals surface area contributed by atoms with E-state index in [1.54, 1.807) is 12.1 Å². The second-order valence-electron chi connectivity index (χ2n) is 6.49. The maximum absolute atomic E-state index is 13.0. The van der Waals surface area contributed by atoms with Gasteiger partial charge in [0, 0.05) is 18.1 Å². The van der Waals surface area contributed by atoms with E-state index in [-0.39, 0.29) is 5.82 Å². The molecule has 0 saturated heterocycles. The van der Waals surface area contributed by atoms with Gasteiger partial charge in [0.15, 0.2) is 0 Å². The summed E-state index contributed by atoms with van der Waals surface area (Å²) >= 11 is 0. The van der Waals surface area contributed by atoms with Crippen molar-refractivity contribution in [3.05, 3.63) is 35.6 Å². The second-order valence-corrected chi connectivity index (χ2v) is 6.49. The number of benzene rings is 1. The van der Waals surface area contributed by atoms with E-state index in [0.717, 1.165) is 25.8 Å². The standard InChI is InChI=1S/C18H29FN2/c1-3-12-21(18-10-8-17(20)9-11-18)14(2)13-15-4-6-16(19)7-5-15/h4-7,14,17-18H,3,8-13,20H2,1-2H3. The molecule has 0 bridgehead atoms. The number of hydrogen-bond acceptors (Lipinski definition) is 2. The van der Waals surface area contributed by atoms with E-state index >= 15 is 0 Å². The van der Waals surface area contributed by atoms with Crippen LogP contribution in [0.2, 0.25) is 0 Å². The Morgan fingerprint density at radius 3 is 2.38 bits per heavy atom. The van der Waals surface area contributed by atoms with Crippen molar-refractivity contribution in [1.82, 2.24) is 4.90 Å². The highest BCUT2D eigenvalue weighted by molar-refractivity contribution is 5.17. The molecule has 1 aromatic carbocycles. The van der Waals surface area contributed by atoms with Gasteiger partial charge in [-0.1, -0.05) is 19.1 Å². The lowest BCUT2D eigenvalue weighted by molar-refractivity contribution is 0.107. The molecule has 1 atom stereocenters. The molecule has 1 aliphatic carbocycles. The zero-order chi connectivity index (χ0) is 15.2. The van der Waals surface area contributed by atoms with Gasteiger partial charge in [0.2, 0.25) is 0 Å². The first-order chi connectivity index (χ1) is 10.1. The van der Waals surface area contributed by atoms with Gasteiger partial charge in [-0.25, -0.2) is 4.39 Å². The quantitative estimate of drug-likeness (QED) is 0.865. The molecular formula is C18H29FN2. The summed E-state index contributed by atoms with van der Waals surface area (Å²) in [6.45, 7) is 5.68. The fraction of sp³-hybridized carbons (Fsp3) is 0.667. The molecule has 2 N–H and O–H groups in total. The average Bonchev–Trinajstić information content (AvgIpc) is 2.48. The summed E-state index contributed by atoms with van der Waals surface area (Å²) in [7, 11) is 0. The predicted octanol–water partition coefficient (Wildman–Crippen LogP) is 3.74. The normalized spacial score (nSPS) is 24.2. The molecule has 2 rings (SSSR count). The Morgan fingerprint density at radius 2 is 1.81 bits per heavy atom. The van der Waals surface area contributed by atoms with Crippen LogP contribution >= 0.6 is 0 Å². The van der Waals surface area contributed by atoms with Crippen molar-refractivity contribution in [3.63, 3.8) is 0 Å². The number of nitrogens with zero attached hydrogens (tertiary/aromatic N) is 1. The number of hydrogen-bond donors (Lipinski definition) is 1. The minimum atomic E-state index is -0.155. The Kier molecular flexibility index (Phi) is 6.19. The van der Waals surface area contributed by atoms with Crippen LogP contribution in [-0.4, -0.2) is 29.6 Å². The molecule has 0 spiro atoms. The number of halogens is 1. The van der Waals surface area contributed by atoms with Gasteiger partial charge in [0.1, 0.15) is 5.82 Å². The van der Waals surface area contributed by atoms with E-state index in [0.29, 0.717) is 18.1 Å². The molecule has 0 aliphatic heterocycles. The third-order valence-electron chi connectivity index (χ3n) is 4.70. The van der Waals surface area contributed by atoms with Crippen molar-refractivity contribution in [1.29, 1.82) is 0 Å². The van der Waals surface area contributed by atoms with E-state index in [2.05, 4.69) is 18.7 Å². The molecule has 0 aromatic heterocycles. The maximum Gasteiger partial charge on any atom is 0.123 e. The highest BCUT2D eigenvalue weighted by Gasteiger charge is 2.26. The van der Waals surface area contributed by atoms with Crippen LogP contribution in [0.25, 0.3) is 0 Å². The van der Waals surface area contributed by atoms with Crippen LogP contribution in [0.15, 0.2) is 24.3 Å². The summed E-state index contributed by atoms with van der Waals surface area (Å²) in [5.74, 6) is -0.155. The summed E-state index contributed by atoms with van der Waals surface area (Å²) in [5.41, 5.74) is 7.25. The van der Waals surface area contributed by atoms with Crippen molar-refractivity contribution < 1.29 is 4.39 Å². The van der Waals surface area contributed by atoms with Crippen LogP contribution in [0.5, 0.6) is 0 Å². The van der Waals surface area contributed by atoms with E-state index < -0.39 is 0 Å². The second kappa shape index (κ2) is 7.90. The SMILES string of the molecule is CCCN(C(C)Cc1ccc(F)cc1)C1CCC(N)CC1. The summed E-state index contributed by atoms with van der Waals surface area (Å²) in [5, 5.41) is 0. The Hall–Kier alpha value is -0.930. The van der Waals surface area contributed by atoms with Crippen molar-refractivity contribution in [2.24, 2.45) is 5.73 Å². The molecule has 1 fully saturated rings. The van der Waals surface area contributed by atoms with Crippen LogP contribution in [0, 0.1) is 5.82 Å². The van der Waals surface area contributed by atoms with Crippen molar-refractivity contribution in [2.75, 3.05) is 6.54 Å². The highest BCUT2D eigenvalue weighted by Crippen LogP contribution is 2.25. The average molecular weight is 292 g/mol. The summed E-state index contributed by atoms with van der Waals surface area (Å²) < 4.78 is 13.0. The molecule has 1 aliphatic rings. The van der Waals surface area contributed by atoms with Gasteiger partial charge in [-0.2, -0.15) is 0 Å². The van der Waals surface area contributed by atoms with Gasteiger partial charge in [-0.15, -0.1) is 0 Å². The first kappa shape index (κ1) is 16.4. The molecule has 21 heavy (non-hydrogen) atoms. The summed E-state index contributed by atoms with van der Waals surface area (Å²) in [4.78, 5) is 2.65. The van der Waals surface area contributed by atoms with Gasteiger partial charge in [0.25, 0.3) is 0 Å². The lowest BCUT2D eigenvalue weighted by atomic mass is 9.89. The summed E-state index contributed by atoms with van der Waals surface area (Å²) in [6.07, 6.45) is 6.89. The topological polar surface area (TPSA) is 29.3 Å². The van der Waals surface area contributed by atoms with Crippen LogP contribution in [-0.2, 0) is 6.42 Å². The van der Waals surface area contributed by atoms with Gasteiger partial charge in [-0.3, -0.25) is 4.90 Å². The molecule has 3 heteroatoms. The molecular weight excluding hydrogens is 263 g/mol. The maximum atomic E-state index is 13.0. The summed E-state index contributed by atoms with van der Waals surface area (Å²) in [6, 6.07) is 8.50. The first-order valence-corrected chi connectivity index (χ1v) is 8.36. The molecule has 1 unspecified atom stereocenters. The number of rotatable bonds is 6. The lowest BCUT2D eigenvalue weighted by Gasteiger charge is -2.40. The fourth-order valence-electron chi connectivity index (χ4n) is 3.53. The predicted molar refractivity (Wildman–Crippen MR) is 86.8 cm³/mol. The fourth-order valence-corrected chi connectivity index (χ4v) is 3.53. The van der Waals surface area contributed by atoms with Crippen LogP contribution in [0.3, 0.4) is 0 Å². The molecule has 118 valence electrons. The molecule has 2 nitrogen and oxygen atoms in total. The van der Waals surface area contributed by atoms with E-state index in [1.807, 2.05) is 12.1 Å².